The topological polar surface area (TPSA) is 73.2 Å². The first-order valence-electron chi connectivity index (χ1n) is 7.02. The predicted octanol–water partition coefficient (Wildman–Crippen LogP) is 0.744. The van der Waals surface area contributed by atoms with E-state index in [0.717, 1.165) is 5.56 Å². The zero-order chi connectivity index (χ0) is 15.5. The minimum absolute atomic E-state index is 0.0754. The molecule has 2 rings (SSSR count). The molecular formula is C15H21N3O2S. The first kappa shape index (κ1) is 16.0. The van der Waals surface area contributed by atoms with Crippen LogP contribution in [0.1, 0.15) is 12.5 Å². The molecule has 0 amide bonds. The number of hydrogen-bond acceptors (Lipinski definition) is 5. The van der Waals surface area contributed by atoms with Crippen LogP contribution in [0.3, 0.4) is 0 Å². The van der Waals surface area contributed by atoms with E-state index in [1.165, 1.54) is 0 Å². The Balaban J connectivity index is 2.24. The Morgan fingerprint density at radius 2 is 2.10 bits per heavy atom. The van der Waals surface area contributed by atoms with Crippen molar-refractivity contribution in [3.05, 3.63) is 35.9 Å². The summed E-state index contributed by atoms with van der Waals surface area (Å²) in [6.45, 7) is 2.85. The van der Waals surface area contributed by atoms with Gasteiger partial charge in [0.15, 0.2) is 9.84 Å². The van der Waals surface area contributed by atoms with E-state index in [-0.39, 0.29) is 17.5 Å². The summed E-state index contributed by atoms with van der Waals surface area (Å²) in [5, 5.41) is 12.8. The molecule has 6 heteroatoms. The van der Waals surface area contributed by atoms with E-state index in [9.17, 15) is 13.7 Å². The zero-order valence-electron chi connectivity index (χ0n) is 12.4. The summed E-state index contributed by atoms with van der Waals surface area (Å²) in [4.78, 5) is 2.08. The average molecular weight is 307 g/mol. The summed E-state index contributed by atoms with van der Waals surface area (Å²) in [5.74, 6) is 0.324. The zero-order valence-corrected chi connectivity index (χ0v) is 13.2. The molecule has 0 aromatic heterocycles. The van der Waals surface area contributed by atoms with Crippen LogP contribution in [0.25, 0.3) is 0 Å². The van der Waals surface area contributed by atoms with Crippen LogP contribution in [-0.2, 0) is 15.4 Å². The van der Waals surface area contributed by atoms with Crippen LogP contribution in [-0.4, -0.2) is 51.0 Å². The molecule has 1 saturated heterocycles. The van der Waals surface area contributed by atoms with Gasteiger partial charge < -0.3 is 0 Å². The van der Waals surface area contributed by atoms with Gasteiger partial charge in [0.2, 0.25) is 0 Å². The molecule has 0 saturated carbocycles. The molecule has 1 aliphatic rings. The Bertz CT molecular complexity index is 624. The van der Waals surface area contributed by atoms with Crippen molar-refractivity contribution >= 4 is 9.84 Å². The molecule has 2 unspecified atom stereocenters. The number of nitriles is 1. The van der Waals surface area contributed by atoms with Gasteiger partial charge in [-0.05, 0) is 19.5 Å². The Kier molecular flexibility index (Phi) is 4.67. The quantitative estimate of drug-likeness (QED) is 0.888. The predicted molar refractivity (Wildman–Crippen MR) is 82.5 cm³/mol. The van der Waals surface area contributed by atoms with Crippen molar-refractivity contribution < 1.29 is 8.42 Å². The van der Waals surface area contributed by atoms with Gasteiger partial charge in [0, 0.05) is 19.1 Å². The van der Waals surface area contributed by atoms with E-state index >= 15 is 0 Å². The van der Waals surface area contributed by atoms with Crippen LogP contribution in [0.4, 0.5) is 0 Å². The molecule has 1 aliphatic heterocycles. The van der Waals surface area contributed by atoms with Crippen molar-refractivity contribution in [3.8, 4) is 6.07 Å². The molecule has 0 radical (unpaired) electrons. The molecule has 1 N–H and O–H groups in total. The summed E-state index contributed by atoms with van der Waals surface area (Å²) >= 11 is 0. The fraction of sp³-hybridized carbons (Fsp3) is 0.533. The van der Waals surface area contributed by atoms with Gasteiger partial charge in [-0.2, -0.15) is 5.26 Å². The van der Waals surface area contributed by atoms with Gasteiger partial charge in [0.05, 0.1) is 17.6 Å². The van der Waals surface area contributed by atoms with Crippen LogP contribution in [0, 0.1) is 11.3 Å². The summed E-state index contributed by atoms with van der Waals surface area (Å²) in [6, 6.07) is 11.9. The van der Waals surface area contributed by atoms with Crippen molar-refractivity contribution in [1.29, 1.82) is 5.26 Å². The van der Waals surface area contributed by atoms with Crippen LogP contribution >= 0.6 is 0 Å². The number of nitrogens with zero attached hydrogens (tertiary/aromatic N) is 2. The second kappa shape index (κ2) is 6.14. The minimum Gasteiger partial charge on any atom is -0.298 e. The third-order valence-electron chi connectivity index (χ3n) is 4.13. The molecule has 114 valence electrons. The largest absolute Gasteiger partial charge is 0.298 e. The normalized spacial score (nSPS) is 24.9. The molecule has 21 heavy (non-hydrogen) atoms. The fourth-order valence-electron chi connectivity index (χ4n) is 2.77. The maximum absolute atomic E-state index is 11.7. The highest BCUT2D eigenvalue weighted by atomic mass is 32.2. The number of hydrogen-bond donors (Lipinski definition) is 1. The molecule has 1 heterocycles. The van der Waals surface area contributed by atoms with Gasteiger partial charge in [0.1, 0.15) is 5.54 Å². The molecule has 0 aliphatic carbocycles. The standard InChI is InChI=1S/C15H21N3O2S/c1-13-10-21(19,20)9-8-18(13)12-15(11-16,17-2)14-6-4-3-5-7-14/h3-7,13,17H,8-10,12H2,1-2H3. The van der Waals surface area contributed by atoms with Crippen molar-refractivity contribution in [1.82, 2.24) is 10.2 Å². The highest BCUT2D eigenvalue weighted by molar-refractivity contribution is 7.91. The Hall–Kier alpha value is -1.42. The van der Waals surface area contributed by atoms with E-state index in [2.05, 4.69) is 16.3 Å². The van der Waals surface area contributed by atoms with Crippen molar-refractivity contribution in [3.63, 3.8) is 0 Å². The lowest BCUT2D eigenvalue weighted by molar-refractivity contribution is 0.181. The van der Waals surface area contributed by atoms with Crippen molar-refractivity contribution in [2.75, 3.05) is 31.6 Å². The number of benzene rings is 1. The molecule has 0 spiro atoms. The van der Waals surface area contributed by atoms with Gasteiger partial charge in [0.25, 0.3) is 0 Å². The average Bonchev–Trinajstić information content (AvgIpc) is 2.47. The molecule has 1 aromatic rings. The maximum atomic E-state index is 11.7. The van der Waals surface area contributed by atoms with Gasteiger partial charge in [-0.1, -0.05) is 30.3 Å². The first-order chi connectivity index (χ1) is 9.92. The number of sulfone groups is 1. The van der Waals surface area contributed by atoms with Crippen LogP contribution in [0.5, 0.6) is 0 Å². The Morgan fingerprint density at radius 3 is 2.62 bits per heavy atom. The lowest BCUT2D eigenvalue weighted by atomic mass is 9.90. The summed E-state index contributed by atoms with van der Waals surface area (Å²) < 4.78 is 23.3. The first-order valence-corrected chi connectivity index (χ1v) is 8.85. The van der Waals surface area contributed by atoms with E-state index in [1.54, 1.807) is 7.05 Å². The van der Waals surface area contributed by atoms with Crippen molar-refractivity contribution in [2.24, 2.45) is 0 Å². The lowest BCUT2D eigenvalue weighted by Crippen LogP contribution is -2.55. The van der Waals surface area contributed by atoms with Crippen molar-refractivity contribution in [2.45, 2.75) is 18.5 Å². The van der Waals surface area contributed by atoms with Gasteiger partial charge in [-0.3, -0.25) is 10.2 Å². The molecule has 2 atom stereocenters. The summed E-state index contributed by atoms with van der Waals surface area (Å²) in [7, 11) is -1.18. The highest BCUT2D eigenvalue weighted by Gasteiger charge is 2.37. The smallest absolute Gasteiger partial charge is 0.153 e. The van der Waals surface area contributed by atoms with E-state index in [0.29, 0.717) is 13.1 Å². The summed E-state index contributed by atoms with van der Waals surface area (Å²) in [5.41, 5.74) is 0.0759. The molecule has 5 nitrogen and oxygen atoms in total. The SMILES string of the molecule is CNC(C#N)(CN1CCS(=O)(=O)CC1C)c1ccccc1. The van der Waals surface area contributed by atoms with Gasteiger partial charge in [-0.15, -0.1) is 0 Å². The van der Waals surface area contributed by atoms with Crippen LogP contribution in [0.15, 0.2) is 30.3 Å². The van der Waals surface area contributed by atoms with Gasteiger partial charge in [-0.25, -0.2) is 8.42 Å². The highest BCUT2D eigenvalue weighted by Crippen LogP contribution is 2.24. The third kappa shape index (κ3) is 3.43. The minimum atomic E-state index is -2.94. The number of rotatable bonds is 4. The molecule has 0 bridgehead atoms. The second-order valence-corrected chi connectivity index (χ2v) is 7.80. The molecule has 1 aromatic carbocycles. The third-order valence-corrected chi connectivity index (χ3v) is 5.93. The molecular weight excluding hydrogens is 286 g/mol. The van der Waals surface area contributed by atoms with Crippen LogP contribution < -0.4 is 5.32 Å². The van der Waals surface area contributed by atoms with E-state index in [1.807, 2.05) is 37.3 Å². The van der Waals surface area contributed by atoms with E-state index in [4.69, 9.17) is 0 Å². The van der Waals surface area contributed by atoms with Gasteiger partial charge >= 0.3 is 0 Å². The number of likely N-dealkylation sites (N-methyl/N-ethyl adjacent to an activating group) is 1. The Labute approximate surface area is 126 Å². The number of nitrogens with one attached hydrogen (secondary N) is 1. The maximum Gasteiger partial charge on any atom is 0.153 e. The Morgan fingerprint density at radius 1 is 1.43 bits per heavy atom. The lowest BCUT2D eigenvalue weighted by Gasteiger charge is -2.39. The second-order valence-electron chi connectivity index (χ2n) is 5.57. The van der Waals surface area contributed by atoms with Crippen LogP contribution in [0.2, 0.25) is 0 Å². The summed E-state index contributed by atoms with van der Waals surface area (Å²) in [6.07, 6.45) is 0. The molecule has 1 fully saturated rings. The van der Waals surface area contributed by atoms with E-state index < -0.39 is 15.4 Å². The monoisotopic (exact) mass is 307 g/mol. The fourth-order valence-corrected chi connectivity index (χ4v) is 4.39.